The van der Waals surface area contributed by atoms with E-state index in [1.54, 1.807) is 18.2 Å². The monoisotopic (exact) mass is 259 g/mol. The maximum absolute atomic E-state index is 12.5. The standard InChI is InChI=1S/C14H13NO4/c16-14(15-10-2-4-11(19-15)5-3-10)9-1-6-12-13(7-9)18-8-17-12/h1-2,4,6-7,10-11H,3,5,8H2. The lowest BCUT2D eigenvalue weighted by atomic mass is 9.98. The predicted molar refractivity (Wildman–Crippen MR) is 65.8 cm³/mol. The number of fused-ring (bicyclic) bond motifs is 3. The van der Waals surface area contributed by atoms with Crippen molar-refractivity contribution in [3.63, 3.8) is 0 Å². The Bertz CT molecular complexity index is 569. The Morgan fingerprint density at radius 2 is 2.05 bits per heavy atom. The van der Waals surface area contributed by atoms with Crippen LogP contribution in [0.15, 0.2) is 30.4 Å². The number of carbonyl (C=O) groups excluding carboxylic acids is 1. The Hall–Kier alpha value is -2.01. The van der Waals surface area contributed by atoms with Crippen molar-refractivity contribution in [2.75, 3.05) is 6.79 Å². The van der Waals surface area contributed by atoms with Gasteiger partial charge in [0.05, 0.1) is 6.04 Å². The SMILES string of the molecule is O=C(c1ccc2c(c1)OCO2)N1OC2C=CC1CC2. The van der Waals surface area contributed by atoms with Crippen LogP contribution >= 0.6 is 0 Å². The van der Waals surface area contributed by atoms with Gasteiger partial charge in [-0.25, -0.2) is 5.06 Å². The van der Waals surface area contributed by atoms with Gasteiger partial charge in [-0.2, -0.15) is 0 Å². The van der Waals surface area contributed by atoms with Crippen LogP contribution in [0.25, 0.3) is 0 Å². The van der Waals surface area contributed by atoms with Gasteiger partial charge >= 0.3 is 0 Å². The molecule has 0 N–H and O–H groups in total. The molecule has 1 aromatic carbocycles. The van der Waals surface area contributed by atoms with Gasteiger partial charge in [0.1, 0.15) is 6.10 Å². The molecule has 3 aliphatic heterocycles. The van der Waals surface area contributed by atoms with Crippen LogP contribution in [0.5, 0.6) is 11.5 Å². The zero-order valence-electron chi connectivity index (χ0n) is 10.2. The van der Waals surface area contributed by atoms with Crippen molar-refractivity contribution in [1.29, 1.82) is 0 Å². The van der Waals surface area contributed by atoms with Crippen molar-refractivity contribution in [1.82, 2.24) is 5.06 Å². The summed E-state index contributed by atoms with van der Waals surface area (Å²) in [5, 5.41) is 1.48. The smallest absolute Gasteiger partial charge is 0.278 e. The third-order valence-corrected chi connectivity index (χ3v) is 3.66. The first-order valence-corrected chi connectivity index (χ1v) is 6.39. The van der Waals surface area contributed by atoms with Gasteiger partial charge in [0.2, 0.25) is 6.79 Å². The van der Waals surface area contributed by atoms with E-state index in [2.05, 4.69) is 0 Å². The van der Waals surface area contributed by atoms with Gasteiger partial charge < -0.3 is 9.47 Å². The van der Waals surface area contributed by atoms with Gasteiger partial charge in [0.15, 0.2) is 11.5 Å². The lowest BCUT2D eigenvalue weighted by Crippen LogP contribution is -2.48. The summed E-state index contributed by atoms with van der Waals surface area (Å²) >= 11 is 0. The molecule has 0 radical (unpaired) electrons. The molecule has 0 spiro atoms. The molecule has 1 fully saturated rings. The maximum Gasteiger partial charge on any atom is 0.278 e. The molecule has 2 unspecified atom stereocenters. The van der Waals surface area contributed by atoms with Gasteiger partial charge in [-0.3, -0.25) is 9.63 Å². The average Bonchev–Trinajstić information content (AvgIpc) is 2.95. The topological polar surface area (TPSA) is 48.0 Å². The van der Waals surface area contributed by atoms with Crippen LogP contribution in [-0.4, -0.2) is 29.9 Å². The van der Waals surface area contributed by atoms with Crippen molar-refractivity contribution in [3.8, 4) is 11.5 Å². The predicted octanol–water partition coefficient (Wildman–Crippen LogP) is 1.89. The van der Waals surface area contributed by atoms with Crippen LogP contribution in [0.3, 0.4) is 0 Å². The van der Waals surface area contributed by atoms with Gasteiger partial charge in [0.25, 0.3) is 5.91 Å². The fraction of sp³-hybridized carbons (Fsp3) is 0.357. The molecular formula is C14H13NO4. The number of benzene rings is 1. The Balaban J connectivity index is 1.62. The van der Waals surface area contributed by atoms with Crippen molar-refractivity contribution in [2.24, 2.45) is 0 Å². The quantitative estimate of drug-likeness (QED) is 0.723. The molecule has 0 saturated carbocycles. The molecule has 3 heterocycles. The summed E-state index contributed by atoms with van der Waals surface area (Å²) in [6.45, 7) is 0.209. The average molecular weight is 259 g/mol. The number of ether oxygens (including phenoxy) is 2. The van der Waals surface area contributed by atoms with Crippen molar-refractivity contribution in [2.45, 2.75) is 25.0 Å². The van der Waals surface area contributed by atoms with Crippen molar-refractivity contribution < 1.29 is 19.1 Å². The van der Waals surface area contributed by atoms with Gasteiger partial charge in [-0.15, -0.1) is 0 Å². The van der Waals surface area contributed by atoms with Crippen LogP contribution in [0.4, 0.5) is 0 Å². The first-order valence-electron chi connectivity index (χ1n) is 6.39. The Labute approximate surface area is 110 Å². The fourth-order valence-corrected chi connectivity index (χ4v) is 2.64. The third kappa shape index (κ3) is 1.69. The molecule has 2 atom stereocenters. The summed E-state index contributed by atoms with van der Waals surface area (Å²) in [6.07, 6.45) is 6.03. The minimum Gasteiger partial charge on any atom is -0.454 e. The van der Waals surface area contributed by atoms with Crippen LogP contribution < -0.4 is 9.47 Å². The first-order chi connectivity index (χ1) is 9.31. The van der Waals surface area contributed by atoms with E-state index in [-0.39, 0.29) is 24.8 Å². The molecule has 1 saturated heterocycles. The Kier molecular flexibility index (Phi) is 2.29. The largest absolute Gasteiger partial charge is 0.454 e. The van der Waals surface area contributed by atoms with Gasteiger partial charge in [-0.05, 0) is 31.0 Å². The van der Waals surface area contributed by atoms with E-state index in [1.165, 1.54) is 5.06 Å². The summed E-state index contributed by atoms with van der Waals surface area (Å²) < 4.78 is 10.5. The van der Waals surface area contributed by atoms with Crippen LogP contribution in [0, 0.1) is 0 Å². The number of amides is 1. The number of rotatable bonds is 1. The Morgan fingerprint density at radius 1 is 1.16 bits per heavy atom. The maximum atomic E-state index is 12.5. The number of hydroxylamine groups is 2. The molecule has 1 aromatic rings. The van der Waals surface area contributed by atoms with Crippen molar-refractivity contribution >= 4 is 5.91 Å². The van der Waals surface area contributed by atoms with E-state index in [1.807, 2.05) is 12.2 Å². The van der Waals surface area contributed by atoms with Crippen LogP contribution in [0.2, 0.25) is 0 Å². The summed E-state index contributed by atoms with van der Waals surface area (Å²) in [7, 11) is 0. The minimum absolute atomic E-state index is 0.0305. The summed E-state index contributed by atoms with van der Waals surface area (Å²) in [5.74, 6) is 1.17. The molecule has 19 heavy (non-hydrogen) atoms. The molecule has 4 aliphatic rings. The highest BCUT2D eigenvalue weighted by Crippen LogP contribution is 2.34. The fourth-order valence-electron chi connectivity index (χ4n) is 2.64. The second kappa shape index (κ2) is 3.99. The number of hydrogen-bond donors (Lipinski definition) is 0. The van der Waals surface area contributed by atoms with E-state index < -0.39 is 0 Å². The van der Waals surface area contributed by atoms with E-state index in [9.17, 15) is 4.79 Å². The molecule has 5 rings (SSSR count). The Morgan fingerprint density at radius 3 is 2.79 bits per heavy atom. The lowest BCUT2D eigenvalue weighted by molar-refractivity contribution is -0.197. The third-order valence-electron chi connectivity index (χ3n) is 3.66. The highest BCUT2D eigenvalue weighted by Gasteiger charge is 2.35. The van der Waals surface area contributed by atoms with Gasteiger partial charge in [0, 0.05) is 5.56 Å². The van der Waals surface area contributed by atoms with E-state index >= 15 is 0 Å². The number of carbonyl (C=O) groups is 1. The molecular weight excluding hydrogens is 246 g/mol. The van der Waals surface area contributed by atoms with Crippen LogP contribution in [0.1, 0.15) is 23.2 Å². The summed E-state index contributed by atoms with van der Waals surface area (Å²) in [4.78, 5) is 18.1. The normalized spacial score (nSPS) is 26.8. The van der Waals surface area contributed by atoms with E-state index in [0.29, 0.717) is 17.1 Å². The molecule has 5 heteroatoms. The minimum atomic E-state index is -0.127. The van der Waals surface area contributed by atoms with Crippen LogP contribution in [-0.2, 0) is 4.84 Å². The molecule has 2 bridgehead atoms. The molecule has 1 aliphatic carbocycles. The molecule has 5 nitrogen and oxygen atoms in total. The van der Waals surface area contributed by atoms with Crippen molar-refractivity contribution in [3.05, 3.63) is 35.9 Å². The summed E-state index contributed by atoms with van der Waals surface area (Å²) in [5.41, 5.74) is 0.560. The number of nitrogens with zero attached hydrogens (tertiary/aromatic N) is 1. The van der Waals surface area contributed by atoms with Gasteiger partial charge in [-0.1, -0.05) is 12.2 Å². The first kappa shape index (κ1) is 10.9. The van der Waals surface area contributed by atoms with E-state index in [0.717, 1.165) is 12.8 Å². The second-order valence-electron chi connectivity index (χ2n) is 4.87. The summed E-state index contributed by atoms with van der Waals surface area (Å²) in [6, 6.07) is 5.25. The highest BCUT2D eigenvalue weighted by molar-refractivity contribution is 5.94. The molecule has 1 amide bonds. The van der Waals surface area contributed by atoms with E-state index in [4.69, 9.17) is 14.3 Å². The zero-order chi connectivity index (χ0) is 12.8. The second-order valence-corrected chi connectivity index (χ2v) is 4.87. The number of hydrogen-bond acceptors (Lipinski definition) is 4. The lowest BCUT2D eigenvalue weighted by Gasteiger charge is -2.40. The molecule has 98 valence electrons. The highest BCUT2D eigenvalue weighted by atomic mass is 16.7. The zero-order valence-corrected chi connectivity index (χ0v) is 10.2. The molecule has 0 aromatic heterocycles.